The Bertz CT molecular complexity index is 765. The van der Waals surface area contributed by atoms with Gasteiger partial charge in [0, 0.05) is 12.1 Å². The summed E-state index contributed by atoms with van der Waals surface area (Å²) in [5, 5.41) is 23.6. The van der Waals surface area contributed by atoms with Gasteiger partial charge in [0.1, 0.15) is 11.8 Å². The van der Waals surface area contributed by atoms with E-state index in [-0.39, 0.29) is 22.4 Å². The van der Waals surface area contributed by atoms with Crippen LogP contribution in [0.2, 0.25) is 0 Å². The van der Waals surface area contributed by atoms with Gasteiger partial charge in [-0.3, -0.25) is 4.79 Å². The molecule has 5 nitrogen and oxygen atoms in total. The molecule has 0 atom stereocenters. The van der Waals surface area contributed by atoms with Gasteiger partial charge in [0.2, 0.25) is 0 Å². The SMILES string of the molecule is CC(C)(C)CCn1nc(-c2ccccc2)c(O)c(C#N)c1=O. The number of aromatic nitrogens is 2. The van der Waals surface area contributed by atoms with Crippen molar-refractivity contribution in [3.8, 4) is 23.1 Å². The van der Waals surface area contributed by atoms with Crippen LogP contribution >= 0.6 is 0 Å². The highest BCUT2D eigenvalue weighted by Crippen LogP contribution is 2.28. The van der Waals surface area contributed by atoms with Crippen LogP contribution in [0.5, 0.6) is 5.75 Å². The minimum atomic E-state index is -0.552. The zero-order valence-corrected chi connectivity index (χ0v) is 13.0. The molecule has 0 aliphatic rings. The molecule has 0 spiro atoms. The Morgan fingerprint density at radius 2 is 1.91 bits per heavy atom. The van der Waals surface area contributed by atoms with Crippen molar-refractivity contribution in [2.75, 3.05) is 0 Å². The van der Waals surface area contributed by atoms with E-state index in [1.54, 1.807) is 18.2 Å². The first kappa shape index (κ1) is 15.8. The minimum Gasteiger partial charge on any atom is -0.504 e. The first-order valence-electron chi connectivity index (χ1n) is 7.13. The van der Waals surface area contributed by atoms with Crippen molar-refractivity contribution in [2.45, 2.75) is 33.7 Å². The summed E-state index contributed by atoms with van der Waals surface area (Å²) >= 11 is 0. The van der Waals surface area contributed by atoms with E-state index in [4.69, 9.17) is 0 Å². The number of hydrogen-bond acceptors (Lipinski definition) is 4. The van der Waals surface area contributed by atoms with E-state index < -0.39 is 5.56 Å². The summed E-state index contributed by atoms with van der Waals surface area (Å²) in [5.41, 5.74) is 0.150. The van der Waals surface area contributed by atoms with Crippen LogP contribution in [0.4, 0.5) is 0 Å². The Labute approximate surface area is 129 Å². The molecule has 1 heterocycles. The molecule has 0 fully saturated rings. The molecule has 0 aliphatic carbocycles. The lowest BCUT2D eigenvalue weighted by molar-refractivity contribution is 0.335. The lowest BCUT2D eigenvalue weighted by Gasteiger charge is -2.18. The zero-order chi connectivity index (χ0) is 16.3. The molecule has 2 aromatic rings. The molecule has 0 bridgehead atoms. The summed E-state index contributed by atoms with van der Waals surface area (Å²) in [7, 11) is 0. The largest absolute Gasteiger partial charge is 0.504 e. The smallest absolute Gasteiger partial charge is 0.288 e. The van der Waals surface area contributed by atoms with Crippen molar-refractivity contribution >= 4 is 0 Å². The van der Waals surface area contributed by atoms with E-state index in [1.165, 1.54) is 4.68 Å². The molecule has 0 saturated heterocycles. The van der Waals surface area contributed by atoms with E-state index in [2.05, 4.69) is 25.9 Å². The van der Waals surface area contributed by atoms with Gasteiger partial charge in [-0.25, -0.2) is 4.68 Å². The number of hydrogen-bond donors (Lipinski definition) is 1. The van der Waals surface area contributed by atoms with Crippen LogP contribution in [-0.4, -0.2) is 14.9 Å². The second-order valence-corrected chi connectivity index (χ2v) is 6.39. The van der Waals surface area contributed by atoms with Gasteiger partial charge in [-0.15, -0.1) is 0 Å². The maximum atomic E-state index is 12.2. The highest BCUT2D eigenvalue weighted by molar-refractivity contribution is 5.68. The number of rotatable bonds is 3. The molecule has 0 saturated carbocycles. The van der Waals surface area contributed by atoms with E-state index in [1.807, 2.05) is 18.2 Å². The molecule has 1 aromatic heterocycles. The van der Waals surface area contributed by atoms with Crippen molar-refractivity contribution in [1.82, 2.24) is 9.78 Å². The predicted molar refractivity (Wildman–Crippen MR) is 84.4 cm³/mol. The van der Waals surface area contributed by atoms with Crippen molar-refractivity contribution < 1.29 is 5.11 Å². The normalized spacial score (nSPS) is 11.2. The standard InChI is InChI=1S/C17H19N3O2/c1-17(2,3)9-10-20-16(22)13(11-18)15(21)14(19-20)12-7-5-4-6-8-12/h4-8,21H,9-10H2,1-3H3. The van der Waals surface area contributed by atoms with E-state index in [0.29, 0.717) is 12.1 Å². The average Bonchev–Trinajstić information content (AvgIpc) is 2.47. The predicted octanol–water partition coefficient (Wildman–Crippen LogP) is 2.92. The Morgan fingerprint density at radius 3 is 2.45 bits per heavy atom. The lowest BCUT2D eigenvalue weighted by Crippen LogP contribution is -2.27. The van der Waals surface area contributed by atoms with Gasteiger partial charge in [-0.1, -0.05) is 51.1 Å². The molecule has 2 rings (SSSR count). The van der Waals surface area contributed by atoms with Crippen LogP contribution in [0.3, 0.4) is 0 Å². The fourth-order valence-electron chi connectivity index (χ4n) is 2.05. The molecular weight excluding hydrogens is 278 g/mol. The van der Waals surface area contributed by atoms with E-state index in [9.17, 15) is 15.2 Å². The third-order valence-electron chi connectivity index (χ3n) is 3.36. The van der Waals surface area contributed by atoms with Crippen LogP contribution < -0.4 is 5.56 Å². The molecule has 1 aromatic carbocycles. The second-order valence-electron chi connectivity index (χ2n) is 6.39. The van der Waals surface area contributed by atoms with Crippen molar-refractivity contribution in [3.05, 3.63) is 46.2 Å². The average molecular weight is 297 g/mol. The third-order valence-corrected chi connectivity index (χ3v) is 3.36. The Kier molecular flexibility index (Phi) is 4.32. The van der Waals surface area contributed by atoms with Crippen molar-refractivity contribution in [1.29, 1.82) is 5.26 Å². The molecule has 0 amide bonds. The molecule has 0 radical (unpaired) electrons. The lowest BCUT2D eigenvalue weighted by atomic mass is 9.92. The Hall–Kier alpha value is -2.61. The van der Waals surface area contributed by atoms with Crippen LogP contribution in [0, 0.1) is 16.7 Å². The first-order chi connectivity index (χ1) is 10.3. The van der Waals surface area contributed by atoms with Gasteiger partial charge < -0.3 is 5.11 Å². The second kappa shape index (κ2) is 6.02. The number of nitriles is 1. The number of benzene rings is 1. The van der Waals surface area contributed by atoms with Crippen LogP contribution in [0.15, 0.2) is 35.1 Å². The zero-order valence-electron chi connectivity index (χ0n) is 13.0. The van der Waals surface area contributed by atoms with Crippen molar-refractivity contribution in [2.24, 2.45) is 5.41 Å². The summed E-state index contributed by atoms with van der Waals surface area (Å²) in [6.45, 7) is 6.61. The van der Waals surface area contributed by atoms with Gasteiger partial charge >= 0.3 is 0 Å². The van der Waals surface area contributed by atoms with Gasteiger partial charge in [0.15, 0.2) is 11.3 Å². The van der Waals surface area contributed by atoms with E-state index >= 15 is 0 Å². The van der Waals surface area contributed by atoms with Crippen LogP contribution in [0.25, 0.3) is 11.3 Å². The molecule has 1 N–H and O–H groups in total. The third kappa shape index (κ3) is 3.34. The molecule has 22 heavy (non-hydrogen) atoms. The van der Waals surface area contributed by atoms with Gasteiger partial charge in [0.05, 0.1) is 0 Å². The van der Waals surface area contributed by atoms with Gasteiger partial charge in [-0.05, 0) is 11.8 Å². The fraction of sp³-hybridized carbons (Fsp3) is 0.353. The van der Waals surface area contributed by atoms with Gasteiger partial charge in [0.25, 0.3) is 5.56 Å². The molecule has 114 valence electrons. The highest BCUT2D eigenvalue weighted by Gasteiger charge is 2.19. The number of aromatic hydroxyl groups is 1. The summed E-state index contributed by atoms with van der Waals surface area (Å²) < 4.78 is 1.27. The Balaban J connectivity index is 2.57. The fourth-order valence-corrected chi connectivity index (χ4v) is 2.05. The quantitative estimate of drug-likeness (QED) is 0.944. The van der Waals surface area contributed by atoms with Crippen molar-refractivity contribution in [3.63, 3.8) is 0 Å². The topological polar surface area (TPSA) is 78.9 Å². The molecular formula is C17H19N3O2. The summed E-state index contributed by atoms with van der Waals surface area (Å²) in [4.78, 5) is 12.2. The highest BCUT2D eigenvalue weighted by atomic mass is 16.3. The first-order valence-corrected chi connectivity index (χ1v) is 7.13. The van der Waals surface area contributed by atoms with Crippen LogP contribution in [-0.2, 0) is 6.54 Å². The monoisotopic (exact) mass is 297 g/mol. The molecule has 0 unspecified atom stereocenters. The summed E-state index contributed by atoms with van der Waals surface area (Å²) in [6.07, 6.45) is 0.740. The minimum absolute atomic E-state index is 0.0404. The molecule has 5 heteroatoms. The number of nitrogens with zero attached hydrogens (tertiary/aromatic N) is 3. The van der Waals surface area contributed by atoms with Gasteiger partial charge in [-0.2, -0.15) is 10.4 Å². The molecule has 0 aliphatic heterocycles. The van der Waals surface area contributed by atoms with E-state index in [0.717, 1.165) is 6.42 Å². The maximum Gasteiger partial charge on any atom is 0.288 e. The summed E-state index contributed by atoms with van der Waals surface area (Å²) in [6, 6.07) is 10.8. The van der Waals surface area contributed by atoms with Crippen LogP contribution in [0.1, 0.15) is 32.8 Å². The maximum absolute atomic E-state index is 12.2. The Morgan fingerprint density at radius 1 is 1.27 bits per heavy atom. The number of aryl methyl sites for hydroxylation is 1. The summed E-state index contributed by atoms with van der Waals surface area (Å²) in [5.74, 6) is -0.356.